The van der Waals surface area contributed by atoms with Crippen molar-refractivity contribution >= 4 is 34.9 Å². The molecule has 1 aromatic heterocycles. The molecule has 4 rings (SSSR count). The third kappa shape index (κ3) is 4.29. The van der Waals surface area contributed by atoms with Crippen molar-refractivity contribution in [3.8, 4) is 17.2 Å². The average molecular weight is 444 g/mol. The third-order valence-corrected chi connectivity index (χ3v) is 5.23. The maximum Gasteiger partial charge on any atom is 0.236 e. The largest absolute Gasteiger partial charge is 0.506 e. The first-order valence-corrected chi connectivity index (χ1v) is 10.2. The van der Waals surface area contributed by atoms with E-state index in [0.29, 0.717) is 17.1 Å². The molecule has 9 heteroatoms. The van der Waals surface area contributed by atoms with Crippen molar-refractivity contribution in [2.75, 3.05) is 35.8 Å². The lowest BCUT2D eigenvalue weighted by Crippen LogP contribution is -2.22. The van der Waals surface area contributed by atoms with Crippen molar-refractivity contribution in [3.05, 3.63) is 72.8 Å². The Balaban J connectivity index is 1.85. The zero-order valence-electron chi connectivity index (χ0n) is 18.5. The van der Waals surface area contributed by atoms with Crippen LogP contribution in [-0.4, -0.2) is 51.4 Å². The Morgan fingerprint density at radius 1 is 0.455 bits per heavy atom. The number of aromatic hydroxyl groups is 3. The minimum Gasteiger partial charge on any atom is -0.506 e. The van der Waals surface area contributed by atoms with Crippen molar-refractivity contribution in [2.45, 2.75) is 0 Å². The van der Waals surface area contributed by atoms with E-state index in [-0.39, 0.29) is 35.1 Å². The fourth-order valence-corrected chi connectivity index (χ4v) is 3.36. The van der Waals surface area contributed by atoms with Gasteiger partial charge in [0.1, 0.15) is 17.2 Å². The molecule has 0 aliphatic carbocycles. The first-order valence-electron chi connectivity index (χ1n) is 10.2. The van der Waals surface area contributed by atoms with Gasteiger partial charge in [-0.25, -0.2) is 0 Å². The average Bonchev–Trinajstić information content (AvgIpc) is 2.83. The number of anilines is 6. The molecule has 0 bridgehead atoms. The number of aromatic nitrogens is 3. The Morgan fingerprint density at radius 2 is 0.697 bits per heavy atom. The number of nitrogens with zero attached hydrogens (tertiary/aromatic N) is 6. The minimum absolute atomic E-state index is 0.0756. The molecule has 33 heavy (non-hydrogen) atoms. The molecule has 0 atom stereocenters. The molecule has 168 valence electrons. The van der Waals surface area contributed by atoms with Gasteiger partial charge in [-0.05, 0) is 36.4 Å². The van der Waals surface area contributed by atoms with Gasteiger partial charge in [-0.1, -0.05) is 36.4 Å². The Bertz CT molecular complexity index is 1110. The molecule has 0 saturated carbocycles. The van der Waals surface area contributed by atoms with Gasteiger partial charge in [0, 0.05) is 21.1 Å². The molecule has 0 amide bonds. The maximum atomic E-state index is 10.3. The van der Waals surface area contributed by atoms with E-state index in [4.69, 9.17) is 0 Å². The molecule has 0 saturated heterocycles. The van der Waals surface area contributed by atoms with Crippen LogP contribution in [0.3, 0.4) is 0 Å². The van der Waals surface area contributed by atoms with Crippen molar-refractivity contribution < 1.29 is 15.3 Å². The highest BCUT2D eigenvalue weighted by Crippen LogP contribution is 2.36. The molecular formula is C24H24N6O3. The van der Waals surface area contributed by atoms with Gasteiger partial charge in [0.15, 0.2) is 0 Å². The van der Waals surface area contributed by atoms with Crippen molar-refractivity contribution in [1.29, 1.82) is 0 Å². The molecular weight excluding hydrogens is 420 g/mol. The lowest BCUT2D eigenvalue weighted by atomic mass is 10.2. The summed E-state index contributed by atoms with van der Waals surface area (Å²) in [5.74, 6) is 1.02. The summed E-state index contributed by atoms with van der Waals surface area (Å²) in [6.07, 6.45) is 0. The summed E-state index contributed by atoms with van der Waals surface area (Å²) in [7, 11) is 5.20. The van der Waals surface area contributed by atoms with Crippen LogP contribution in [0.4, 0.5) is 34.9 Å². The summed E-state index contributed by atoms with van der Waals surface area (Å²) in [4.78, 5) is 18.7. The highest BCUT2D eigenvalue weighted by molar-refractivity contribution is 5.70. The predicted octanol–water partition coefficient (Wildman–Crippen LogP) is 4.29. The molecule has 0 unspecified atom stereocenters. The van der Waals surface area contributed by atoms with E-state index >= 15 is 0 Å². The first kappa shape index (κ1) is 21.7. The van der Waals surface area contributed by atoms with Crippen molar-refractivity contribution in [3.63, 3.8) is 0 Å². The van der Waals surface area contributed by atoms with Gasteiger partial charge in [-0.15, -0.1) is 0 Å². The molecule has 0 fully saturated rings. The van der Waals surface area contributed by atoms with Crippen LogP contribution in [-0.2, 0) is 0 Å². The number of phenols is 3. The van der Waals surface area contributed by atoms with E-state index < -0.39 is 0 Å². The number of hydrogen-bond donors (Lipinski definition) is 3. The topological polar surface area (TPSA) is 109 Å². The lowest BCUT2D eigenvalue weighted by molar-refractivity contribution is 0.475. The van der Waals surface area contributed by atoms with E-state index in [1.807, 2.05) is 0 Å². The quantitative estimate of drug-likeness (QED) is 0.401. The predicted molar refractivity (Wildman–Crippen MR) is 128 cm³/mol. The van der Waals surface area contributed by atoms with Crippen LogP contribution in [0.15, 0.2) is 72.8 Å². The minimum atomic E-state index is 0.0756. The second kappa shape index (κ2) is 8.91. The van der Waals surface area contributed by atoms with Crippen LogP contribution < -0.4 is 14.7 Å². The maximum absolute atomic E-state index is 10.3. The second-order valence-electron chi connectivity index (χ2n) is 7.38. The van der Waals surface area contributed by atoms with E-state index in [9.17, 15) is 15.3 Å². The van der Waals surface area contributed by atoms with Crippen LogP contribution in [0, 0.1) is 0 Å². The highest BCUT2D eigenvalue weighted by Gasteiger charge is 2.21. The first-order chi connectivity index (χ1) is 15.9. The van der Waals surface area contributed by atoms with E-state index in [2.05, 4.69) is 15.0 Å². The van der Waals surface area contributed by atoms with Gasteiger partial charge in [0.25, 0.3) is 0 Å². The normalized spacial score (nSPS) is 10.6. The Hall–Kier alpha value is -4.53. The molecule has 0 aliphatic heterocycles. The summed E-state index contributed by atoms with van der Waals surface area (Å²) >= 11 is 0. The van der Waals surface area contributed by atoms with E-state index in [1.165, 1.54) is 0 Å². The van der Waals surface area contributed by atoms with Gasteiger partial charge in [0.2, 0.25) is 17.8 Å². The lowest BCUT2D eigenvalue weighted by Gasteiger charge is -2.25. The molecule has 0 radical (unpaired) electrons. The van der Waals surface area contributed by atoms with E-state index in [0.717, 1.165) is 0 Å². The number of rotatable bonds is 6. The number of para-hydroxylation sites is 6. The van der Waals surface area contributed by atoms with Gasteiger partial charge in [-0.2, -0.15) is 15.0 Å². The fourth-order valence-electron chi connectivity index (χ4n) is 3.36. The summed E-state index contributed by atoms with van der Waals surface area (Å²) in [5.41, 5.74) is 1.53. The van der Waals surface area contributed by atoms with Crippen LogP contribution in [0.25, 0.3) is 0 Å². The highest BCUT2D eigenvalue weighted by atomic mass is 16.3. The summed E-state index contributed by atoms with van der Waals surface area (Å²) in [5, 5.41) is 31.0. The molecule has 9 nitrogen and oxygen atoms in total. The zero-order valence-corrected chi connectivity index (χ0v) is 18.5. The second-order valence-corrected chi connectivity index (χ2v) is 7.38. The van der Waals surface area contributed by atoms with Gasteiger partial charge >= 0.3 is 0 Å². The number of hydrogen-bond acceptors (Lipinski definition) is 9. The summed E-state index contributed by atoms with van der Waals surface area (Å²) in [6, 6.07) is 20.6. The molecule has 1 heterocycles. The molecule has 3 N–H and O–H groups in total. The molecule has 0 spiro atoms. The van der Waals surface area contributed by atoms with Gasteiger partial charge < -0.3 is 30.0 Å². The standard InChI is InChI=1S/C24H24N6O3/c1-28(16-10-4-7-13-19(16)31)22-25-23(29(2)17-11-5-8-14-20(17)32)27-24(26-22)30(3)18-12-6-9-15-21(18)33/h4-15,31-33H,1-3H3. The van der Waals surface area contributed by atoms with Crippen LogP contribution in [0.2, 0.25) is 0 Å². The Labute approximate surface area is 191 Å². The smallest absolute Gasteiger partial charge is 0.236 e. The van der Waals surface area contributed by atoms with Crippen LogP contribution >= 0.6 is 0 Å². The zero-order chi connectivity index (χ0) is 23.5. The fraction of sp³-hybridized carbons (Fsp3) is 0.125. The number of phenolic OH excluding ortho intramolecular Hbond substituents is 3. The monoisotopic (exact) mass is 444 g/mol. The summed E-state index contributed by atoms with van der Waals surface area (Å²) < 4.78 is 0. The molecule has 0 aliphatic rings. The summed E-state index contributed by atoms with van der Waals surface area (Å²) in [6.45, 7) is 0. The third-order valence-electron chi connectivity index (χ3n) is 5.23. The van der Waals surface area contributed by atoms with Crippen LogP contribution in [0.1, 0.15) is 0 Å². The van der Waals surface area contributed by atoms with Crippen molar-refractivity contribution in [1.82, 2.24) is 15.0 Å². The Kier molecular flexibility index (Phi) is 5.86. The van der Waals surface area contributed by atoms with Crippen LogP contribution in [0.5, 0.6) is 17.2 Å². The van der Waals surface area contributed by atoms with Gasteiger partial charge in [0.05, 0.1) is 17.1 Å². The number of benzene rings is 3. The van der Waals surface area contributed by atoms with Crippen molar-refractivity contribution in [2.24, 2.45) is 0 Å². The Morgan fingerprint density at radius 3 is 0.939 bits per heavy atom. The molecule has 4 aromatic rings. The SMILES string of the molecule is CN(c1nc(N(C)c2ccccc2O)nc(N(C)c2ccccc2O)n1)c1ccccc1O. The van der Waals surface area contributed by atoms with E-state index in [1.54, 1.807) is 109 Å². The molecule has 3 aromatic carbocycles. The van der Waals surface area contributed by atoms with Gasteiger partial charge in [-0.3, -0.25) is 0 Å².